The van der Waals surface area contributed by atoms with E-state index in [1.165, 1.54) is 0 Å². The van der Waals surface area contributed by atoms with Crippen molar-refractivity contribution in [2.45, 2.75) is 63.7 Å². The lowest BCUT2D eigenvalue weighted by atomic mass is 9.82. The molecule has 0 aromatic heterocycles. The average Bonchev–Trinajstić information content (AvgIpc) is 2.07. The predicted octanol–water partition coefficient (Wildman–Crippen LogP) is 1.43. The molecule has 0 spiro atoms. The van der Waals surface area contributed by atoms with E-state index >= 15 is 0 Å². The minimum Gasteiger partial charge on any atom is -0.393 e. The van der Waals surface area contributed by atoms with Crippen molar-refractivity contribution in [2.75, 3.05) is 6.61 Å². The lowest BCUT2D eigenvalue weighted by molar-refractivity contribution is -0.0439. The molecule has 0 bridgehead atoms. The van der Waals surface area contributed by atoms with Gasteiger partial charge >= 0.3 is 0 Å². The number of aliphatic hydroxyl groups is 1. The minimum absolute atomic E-state index is 0.123. The van der Waals surface area contributed by atoms with Gasteiger partial charge in [0, 0.05) is 5.54 Å². The van der Waals surface area contributed by atoms with Gasteiger partial charge in [-0.15, -0.1) is 0 Å². The van der Waals surface area contributed by atoms with Crippen molar-refractivity contribution < 1.29 is 9.84 Å². The van der Waals surface area contributed by atoms with Gasteiger partial charge in [-0.05, 0) is 46.5 Å². The lowest BCUT2D eigenvalue weighted by Gasteiger charge is -2.37. The zero-order valence-electron chi connectivity index (χ0n) is 9.55. The van der Waals surface area contributed by atoms with E-state index in [1.54, 1.807) is 0 Å². The summed E-state index contributed by atoms with van der Waals surface area (Å²) in [5.74, 6) is 0. The van der Waals surface area contributed by atoms with Crippen LogP contribution in [-0.4, -0.2) is 29.0 Å². The van der Waals surface area contributed by atoms with E-state index in [0.29, 0.717) is 6.61 Å². The molecule has 1 rings (SSSR count). The van der Waals surface area contributed by atoms with Gasteiger partial charge < -0.3 is 15.6 Å². The maximum absolute atomic E-state index is 9.37. The van der Waals surface area contributed by atoms with Gasteiger partial charge in [0.15, 0.2) is 0 Å². The molecule has 1 aliphatic carbocycles. The van der Waals surface area contributed by atoms with Crippen molar-refractivity contribution >= 4 is 0 Å². The second kappa shape index (κ2) is 4.17. The van der Waals surface area contributed by atoms with E-state index in [-0.39, 0.29) is 17.2 Å². The highest BCUT2D eigenvalue weighted by atomic mass is 16.5. The molecule has 3 nitrogen and oxygen atoms in total. The topological polar surface area (TPSA) is 55.5 Å². The second-order valence-electron chi connectivity index (χ2n) is 5.49. The van der Waals surface area contributed by atoms with Gasteiger partial charge in [0.2, 0.25) is 0 Å². The number of aliphatic hydroxyl groups excluding tert-OH is 1. The summed E-state index contributed by atoms with van der Waals surface area (Å²) in [6.45, 7) is 6.71. The van der Waals surface area contributed by atoms with Crippen LogP contribution in [0.1, 0.15) is 46.5 Å². The van der Waals surface area contributed by atoms with Gasteiger partial charge in [0.05, 0.1) is 18.3 Å². The van der Waals surface area contributed by atoms with Gasteiger partial charge in [-0.1, -0.05) is 0 Å². The molecule has 0 aliphatic heterocycles. The quantitative estimate of drug-likeness (QED) is 0.710. The molecular weight excluding hydrogens is 178 g/mol. The maximum atomic E-state index is 9.37. The van der Waals surface area contributed by atoms with Gasteiger partial charge in [0.25, 0.3) is 0 Å². The van der Waals surface area contributed by atoms with Crippen molar-refractivity contribution in [3.8, 4) is 0 Å². The average molecular weight is 201 g/mol. The zero-order chi connectivity index (χ0) is 10.8. The van der Waals surface area contributed by atoms with E-state index in [0.717, 1.165) is 25.7 Å². The zero-order valence-corrected chi connectivity index (χ0v) is 9.55. The fraction of sp³-hybridized carbons (Fsp3) is 1.00. The lowest BCUT2D eigenvalue weighted by Crippen LogP contribution is -2.49. The molecule has 1 saturated carbocycles. The second-order valence-corrected chi connectivity index (χ2v) is 5.49. The van der Waals surface area contributed by atoms with Crippen LogP contribution in [0.2, 0.25) is 0 Å². The highest BCUT2D eigenvalue weighted by Gasteiger charge is 2.32. The first kappa shape index (κ1) is 12.0. The smallest absolute Gasteiger partial charge is 0.0653 e. The Kier molecular flexibility index (Phi) is 3.56. The van der Waals surface area contributed by atoms with Crippen molar-refractivity contribution in [1.82, 2.24) is 0 Å². The molecule has 0 unspecified atom stereocenters. The molecule has 3 heteroatoms. The molecule has 3 N–H and O–H groups in total. The molecule has 0 aromatic carbocycles. The molecule has 0 atom stereocenters. The molecule has 1 aliphatic rings. The normalized spacial score (nSPS) is 34.5. The summed E-state index contributed by atoms with van der Waals surface area (Å²) in [5, 5.41) is 9.37. The van der Waals surface area contributed by atoms with Crippen molar-refractivity contribution in [3.05, 3.63) is 0 Å². The van der Waals surface area contributed by atoms with E-state index < -0.39 is 0 Å². The van der Waals surface area contributed by atoms with Crippen LogP contribution in [-0.2, 0) is 4.74 Å². The Morgan fingerprint density at radius 1 is 1.36 bits per heavy atom. The number of ether oxygens (including phenoxy) is 1. The molecule has 84 valence electrons. The fourth-order valence-electron chi connectivity index (χ4n) is 1.68. The summed E-state index contributed by atoms with van der Waals surface area (Å²) in [7, 11) is 0. The molecule has 0 heterocycles. The van der Waals surface area contributed by atoms with Crippen LogP contribution in [0.25, 0.3) is 0 Å². The van der Waals surface area contributed by atoms with Crippen molar-refractivity contribution in [3.63, 3.8) is 0 Å². The van der Waals surface area contributed by atoms with Crippen molar-refractivity contribution in [1.29, 1.82) is 0 Å². The Bertz CT molecular complexity index is 178. The first-order valence-electron chi connectivity index (χ1n) is 5.42. The van der Waals surface area contributed by atoms with Crippen LogP contribution >= 0.6 is 0 Å². The fourth-order valence-corrected chi connectivity index (χ4v) is 1.68. The summed E-state index contributed by atoms with van der Waals surface area (Å²) < 4.78 is 5.70. The minimum atomic E-state index is -0.216. The van der Waals surface area contributed by atoms with E-state index in [1.807, 2.05) is 20.8 Å². The number of hydrogen-bond donors (Lipinski definition) is 2. The molecule has 0 amide bonds. The van der Waals surface area contributed by atoms with Crippen LogP contribution in [0.5, 0.6) is 0 Å². The molecule has 0 aromatic rings. The largest absolute Gasteiger partial charge is 0.393 e. The standard InChI is InChI=1S/C11H23NO2/c1-10(2,3)14-8-11(12)6-4-9(13)5-7-11/h9,13H,4-8,12H2,1-3H3. The molecule has 14 heavy (non-hydrogen) atoms. The molecule has 1 fully saturated rings. The van der Waals surface area contributed by atoms with Crippen LogP contribution in [0.15, 0.2) is 0 Å². The predicted molar refractivity (Wildman–Crippen MR) is 57.1 cm³/mol. The highest BCUT2D eigenvalue weighted by Crippen LogP contribution is 2.27. The van der Waals surface area contributed by atoms with Crippen LogP contribution in [0.3, 0.4) is 0 Å². The summed E-state index contributed by atoms with van der Waals surface area (Å²) in [5.41, 5.74) is 5.85. The van der Waals surface area contributed by atoms with E-state index in [9.17, 15) is 5.11 Å². The first-order chi connectivity index (χ1) is 6.31. The Labute approximate surface area is 86.6 Å². The number of hydrogen-bond acceptors (Lipinski definition) is 3. The maximum Gasteiger partial charge on any atom is 0.0653 e. The summed E-state index contributed by atoms with van der Waals surface area (Å²) in [6, 6.07) is 0. The molecule has 0 radical (unpaired) electrons. The first-order valence-corrected chi connectivity index (χ1v) is 5.42. The summed E-state index contributed by atoms with van der Waals surface area (Å²) >= 11 is 0. The van der Waals surface area contributed by atoms with E-state index in [2.05, 4.69) is 0 Å². The third-order valence-corrected chi connectivity index (χ3v) is 2.74. The van der Waals surface area contributed by atoms with Gasteiger partial charge in [-0.25, -0.2) is 0 Å². The van der Waals surface area contributed by atoms with E-state index in [4.69, 9.17) is 10.5 Å². The van der Waals surface area contributed by atoms with Gasteiger partial charge in [-0.2, -0.15) is 0 Å². The van der Waals surface area contributed by atoms with Crippen LogP contribution in [0, 0.1) is 0 Å². The Balaban J connectivity index is 2.36. The van der Waals surface area contributed by atoms with Crippen LogP contribution in [0.4, 0.5) is 0 Å². The number of nitrogens with two attached hydrogens (primary N) is 1. The summed E-state index contributed by atoms with van der Waals surface area (Å²) in [6.07, 6.45) is 3.20. The monoisotopic (exact) mass is 201 g/mol. The highest BCUT2D eigenvalue weighted by molar-refractivity contribution is 4.90. The Hall–Kier alpha value is -0.120. The SMILES string of the molecule is CC(C)(C)OCC1(N)CCC(O)CC1. The Morgan fingerprint density at radius 3 is 2.29 bits per heavy atom. The van der Waals surface area contributed by atoms with Crippen LogP contribution < -0.4 is 5.73 Å². The van der Waals surface area contributed by atoms with Gasteiger partial charge in [-0.3, -0.25) is 0 Å². The summed E-state index contributed by atoms with van der Waals surface area (Å²) in [4.78, 5) is 0. The third-order valence-electron chi connectivity index (χ3n) is 2.74. The number of rotatable bonds is 2. The van der Waals surface area contributed by atoms with Gasteiger partial charge in [0.1, 0.15) is 0 Å². The molecule has 0 saturated heterocycles. The Morgan fingerprint density at radius 2 is 1.86 bits per heavy atom. The van der Waals surface area contributed by atoms with Crippen molar-refractivity contribution in [2.24, 2.45) is 5.73 Å². The third kappa shape index (κ3) is 3.95. The molecular formula is C11H23NO2.